The van der Waals surface area contributed by atoms with E-state index in [9.17, 15) is 44.3 Å². The predicted octanol–water partition coefficient (Wildman–Crippen LogP) is 3.76. The van der Waals surface area contributed by atoms with Crippen LogP contribution in [0.25, 0.3) is 10.8 Å². The molecular weight excluding hydrogens is 658 g/mol. The fourth-order valence-corrected chi connectivity index (χ4v) is 6.20. The van der Waals surface area contributed by atoms with E-state index >= 15 is 0 Å². The quantitative estimate of drug-likeness (QED) is 0.103. The average molecular weight is 681 g/mol. The third-order valence-corrected chi connectivity index (χ3v) is 8.80. The molecule has 1 amide bonds. The van der Waals surface area contributed by atoms with Crippen LogP contribution in [0, 0.1) is 6.92 Å². The van der Waals surface area contributed by atoms with E-state index in [-0.39, 0.29) is 91.8 Å². The largest absolute Gasteiger partial charge is 0.505 e. The van der Waals surface area contributed by atoms with Crippen molar-refractivity contribution in [1.29, 1.82) is 0 Å². The van der Waals surface area contributed by atoms with Gasteiger partial charge in [-0.25, -0.2) is 8.42 Å². The Morgan fingerprint density at radius 3 is 1.98 bits per heavy atom. The first-order chi connectivity index (χ1) is 19.5. The van der Waals surface area contributed by atoms with Crippen LogP contribution in [-0.2, 0) is 35.1 Å². The summed E-state index contributed by atoms with van der Waals surface area (Å²) in [6, 6.07) is 14.2. The van der Waals surface area contributed by atoms with Gasteiger partial charge in [0.15, 0.2) is 5.75 Å². The van der Waals surface area contributed by atoms with Crippen molar-refractivity contribution < 1.29 is 44.3 Å². The van der Waals surface area contributed by atoms with Gasteiger partial charge in [-0.2, -0.15) is 16.8 Å². The standard InChI is InChI=1S/C25H22N4O10S3.2Na/c1-14-8-9-19(20(10-14)29-40(32,33)17-6-4-3-5-7-17)27-28-24-22(42(37,38)39)12-16-11-18(41(34,35)36)13-21(26-15(2)30)23(16)25(24)31;;/h3-13,29,31H,1-2H3,(H,26,30)(H,34,35,36)(H,37,38,39);;. The van der Waals surface area contributed by atoms with Crippen LogP contribution in [0.1, 0.15) is 12.5 Å². The number of phenols is 1. The van der Waals surface area contributed by atoms with Gasteiger partial charge in [-0.05, 0) is 60.3 Å². The van der Waals surface area contributed by atoms with Gasteiger partial charge >= 0.3 is 0 Å². The molecule has 0 saturated carbocycles. The van der Waals surface area contributed by atoms with Gasteiger partial charge in [0.25, 0.3) is 30.3 Å². The number of aromatic hydroxyl groups is 1. The molecule has 0 bridgehead atoms. The Balaban J connectivity index is 0.00000337. The Morgan fingerprint density at radius 1 is 0.773 bits per heavy atom. The Morgan fingerprint density at radius 2 is 1.41 bits per heavy atom. The van der Waals surface area contributed by atoms with Crippen molar-refractivity contribution >= 4 is 129 Å². The number of anilines is 2. The molecule has 0 fully saturated rings. The van der Waals surface area contributed by atoms with E-state index < -0.39 is 57.4 Å². The van der Waals surface area contributed by atoms with Gasteiger partial charge in [-0.3, -0.25) is 18.6 Å². The number of amides is 1. The number of azo groups is 1. The number of rotatable bonds is 8. The summed E-state index contributed by atoms with van der Waals surface area (Å²) in [5.41, 5.74) is -0.678. The Labute approximate surface area is 297 Å². The maximum atomic E-state index is 12.9. The van der Waals surface area contributed by atoms with E-state index in [4.69, 9.17) is 0 Å². The fraction of sp³-hybridized carbons (Fsp3) is 0.0800. The van der Waals surface area contributed by atoms with Gasteiger partial charge in [0.1, 0.15) is 16.3 Å². The average Bonchev–Trinajstić information content (AvgIpc) is 2.87. The first-order valence-corrected chi connectivity index (χ1v) is 16.0. The summed E-state index contributed by atoms with van der Waals surface area (Å²) < 4.78 is 95.7. The molecule has 14 nitrogen and oxygen atoms in total. The SMILES string of the molecule is CC(=O)Nc1cc(S(=O)(=O)O)cc2cc(S(=O)(=O)O)c(N=Nc3ccc(C)cc3NS(=O)(=O)c3ccccc3)c(O)c12.[Na].[Na]. The molecule has 0 aliphatic heterocycles. The molecule has 5 N–H and O–H groups in total. The summed E-state index contributed by atoms with van der Waals surface area (Å²) in [6.07, 6.45) is 0. The molecule has 2 radical (unpaired) electrons. The van der Waals surface area contributed by atoms with Crippen molar-refractivity contribution in [3.05, 3.63) is 72.3 Å². The van der Waals surface area contributed by atoms with E-state index in [1.54, 1.807) is 19.1 Å². The topological polar surface area (TPSA) is 229 Å². The van der Waals surface area contributed by atoms with Crippen molar-refractivity contribution in [2.24, 2.45) is 10.2 Å². The van der Waals surface area contributed by atoms with Crippen LogP contribution in [0.5, 0.6) is 5.75 Å². The van der Waals surface area contributed by atoms with Gasteiger partial charge < -0.3 is 10.4 Å². The monoisotopic (exact) mass is 680 g/mol. The molecule has 0 unspecified atom stereocenters. The second-order valence-electron chi connectivity index (χ2n) is 8.91. The minimum Gasteiger partial charge on any atom is -0.505 e. The number of fused-ring (bicyclic) bond motifs is 1. The van der Waals surface area contributed by atoms with E-state index in [1.807, 2.05) is 0 Å². The van der Waals surface area contributed by atoms with Gasteiger partial charge in [0.05, 0.1) is 21.2 Å². The number of hydrogen-bond acceptors (Lipinski definition) is 10. The summed E-state index contributed by atoms with van der Waals surface area (Å²) in [7, 11) is -14.1. The number of carbonyl (C=O) groups is 1. The number of nitrogens with one attached hydrogen (secondary N) is 2. The number of nitrogens with zero attached hydrogens (tertiary/aromatic N) is 2. The number of hydrogen-bond donors (Lipinski definition) is 5. The van der Waals surface area contributed by atoms with Crippen molar-refractivity contribution in [2.75, 3.05) is 10.0 Å². The summed E-state index contributed by atoms with van der Waals surface area (Å²) in [6.45, 7) is 2.75. The van der Waals surface area contributed by atoms with Crippen LogP contribution in [0.2, 0.25) is 0 Å². The first-order valence-electron chi connectivity index (χ1n) is 11.6. The third-order valence-electron chi connectivity index (χ3n) is 5.72. The van der Waals surface area contributed by atoms with Crippen LogP contribution in [-0.4, -0.2) is 104 Å². The summed E-state index contributed by atoms with van der Waals surface area (Å²) >= 11 is 0. The minimum absolute atomic E-state index is 0. The fourth-order valence-electron chi connectivity index (χ4n) is 3.92. The molecule has 4 rings (SSSR count). The Kier molecular flexibility index (Phi) is 12.3. The zero-order valence-electron chi connectivity index (χ0n) is 23.7. The molecule has 0 heterocycles. The maximum Gasteiger partial charge on any atom is 0.296 e. The van der Waals surface area contributed by atoms with Crippen molar-refractivity contribution in [3.63, 3.8) is 0 Å². The molecule has 0 aromatic heterocycles. The molecular formula is C25H22N4Na2O10S3. The van der Waals surface area contributed by atoms with Gasteiger partial charge in [0, 0.05) is 71.4 Å². The normalized spacial score (nSPS) is 11.9. The van der Waals surface area contributed by atoms with Crippen LogP contribution < -0.4 is 10.0 Å². The molecule has 0 saturated heterocycles. The molecule has 0 aliphatic rings. The van der Waals surface area contributed by atoms with E-state index in [1.165, 1.54) is 36.4 Å². The predicted molar refractivity (Wildman–Crippen MR) is 164 cm³/mol. The van der Waals surface area contributed by atoms with E-state index in [0.29, 0.717) is 5.56 Å². The number of carbonyl (C=O) groups excluding carboxylic acids is 1. The molecule has 19 heteroatoms. The second-order valence-corrected chi connectivity index (χ2v) is 13.4. The van der Waals surface area contributed by atoms with Crippen LogP contribution >= 0.6 is 0 Å². The van der Waals surface area contributed by atoms with Gasteiger partial charge in [0.2, 0.25) is 5.91 Å². The second kappa shape index (κ2) is 14.3. The van der Waals surface area contributed by atoms with Crippen LogP contribution in [0.3, 0.4) is 0 Å². The molecule has 0 spiro atoms. The molecule has 4 aromatic rings. The summed E-state index contributed by atoms with van der Waals surface area (Å²) in [5.74, 6) is -1.65. The first kappa shape index (κ1) is 37.8. The van der Waals surface area contributed by atoms with Crippen molar-refractivity contribution in [1.82, 2.24) is 0 Å². The molecule has 222 valence electrons. The van der Waals surface area contributed by atoms with Gasteiger partial charge in [-0.1, -0.05) is 24.3 Å². The zero-order chi connectivity index (χ0) is 31.0. The van der Waals surface area contributed by atoms with E-state index in [2.05, 4.69) is 20.3 Å². The van der Waals surface area contributed by atoms with E-state index in [0.717, 1.165) is 25.1 Å². The molecule has 0 atom stereocenters. The maximum absolute atomic E-state index is 12.9. The Bertz CT molecular complexity index is 2110. The van der Waals surface area contributed by atoms with Crippen molar-refractivity contribution in [2.45, 2.75) is 28.5 Å². The minimum atomic E-state index is -5.14. The zero-order valence-corrected chi connectivity index (χ0v) is 30.1. The summed E-state index contributed by atoms with van der Waals surface area (Å²) in [5, 5.41) is 20.5. The van der Waals surface area contributed by atoms with Gasteiger partial charge in [-0.15, -0.1) is 10.2 Å². The third kappa shape index (κ3) is 8.64. The molecule has 0 aliphatic carbocycles. The Hall–Kier alpha value is -2.42. The number of phenolic OH excluding ortho intramolecular Hbond substituents is 1. The molecule has 44 heavy (non-hydrogen) atoms. The number of sulfonamides is 1. The number of aryl methyl sites for hydroxylation is 1. The smallest absolute Gasteiger partial charge is 0.296 e. The van der Waals surface area contributed by atoms with Crippen LogP contribution in [0.4, 0.5) is 22.7 Å². The number of benzene rings is 4. The molecule has 4 aromatic carbocycles. The summed E-state index contributed by atoms with van der Waals surface area (Å²) in [4.78, 5) is 9.99. The van der Waals surface area contributed by atoms with Crippen molar-refractivity contribution in [3.8, 4) is 5.75 Å². The van der Waals surface area contributed by atoms with Crippen LogP contribution in [0.15, 0.2) is 91.6 Å².